The Labute approximate surface area is 111 Å². The lowest BCUT2D eigenvalue weighted by atomic mass is 10.1. The number of ether oxygens (including phenoxy) is 1. The number of carboxylic acids is 1. The lowest BCUT2D eigenvalue weighted by Gasteiger charge is -2.26. The number of morpholine rings is 1. The monoisotopic (exact) mass is 261 g/mol. The summed E-state index contributed by atoms with van der Waals surface area (Å²) in [6, 6.07) is 7.45. The van der Waals surface area contributed by atoms with Crippen molar-refractivity contribution >= 4 is 18.0 Å². The fourth-order valence-corrected chi connectivity index (χ4v) is 1.84. The van der Waals surface area contributed by atoms with Crippen LogP contribution in [0.3, 0.4) is 0 Å². The van der Waals surface area contributed by atoms with Crippen LogP contribution in [-0.2, 0) is 20.9 Å². The Bertz CT molecular complexity index is 493. The van der Waals surface area contributed by atoms with E-state index in [1.807, 2.05) is 24.3 Å². The fraction of sp³-hybridized carbons (Fsp3) is 0.286. The molecule has 0 radical (unpaired) electrons. The van der Waals surface area contributed by atoms with Gasteiger partial charge in [-0.15, -0.1) is 0 Å². The summed E-state index contributed by atoms with van der Waals surface area (Å²) in [6.07, 6.45) is 2.63. The number of hydrogen-bond acceptors (Lipinski definition) is 3. The Kier molecular flexibility index (Phi) is 4.30. The van der Waals surface area contributed by atoms with Gasteiger partial charge in [0, 0.05) is 19.2 Å². The van der Waals surface area contributed by atoms with Crippen molar-refractivity contribution in [2.24, 2.45) is 0 Å². The van der Waals surface area contributed by atoms with Gasteiger partial charge in [-0.2, -0.15) is 0 Å². The molecule has 1 heterocycles. The third kappa shape index (κ3) is 3.93. The minimum atomic E-state index is -0.969. The van der Waals surface area contributed by atoms with E-state index in [1.54, 1.807) is 4.90 Å². The van der Waals surface area contributed by atoms with Crippen LogP contribution in [-0.4, -0.2) is 41.6 Å². The molecule has 1 saturated heterocycles. The highest BCUT2D eigenvalue weighted by molar-refractivity contribution is 5.85. The summed E-state index contributed by atoms with van der Waals surface area (Å²) >= 11 is 0. The number of benzene rings is 1. The topological polar surface area (TPSA) is 66.8 Å². The van der Waals surface area contributed by atoms with Crippen LogP contribution < -0.4 is 0 Å². The van der Waals surface area contributed by atoms with Gasteiger partial charge in [-0.3, -0.25) is 4.79 Å². The van der Waals surface area contributed by atoms with Gasteiger partial charge in [0.15, 0.2) is 0 Å². The third-order valence-corrected chi connectivity index (χ3v) is 2.86. The molecule has 19 heavy (non-hydrogen) atoms. The minimum absolute atomic E-state index is 0.00102. The quantitative estimate of drug-likeness (QED) is 0.825. The minimum Gasteiger partial charge on any atom is -0.478 e. The molecule has 2 rings (SSSR count). The maximum Gasteiger partial charge on any atom is 0.328 e. The van der Waals surface area contributed by atoms with Crippen molar-refractivity contribution < 1.29 is 19.4 Å². The lowest BCUT2D eigenvalue weighted by molar-refractivity contribution is -0.143. The predicted octanol–water partition coefficient (Wildman–Crippen LogP) is 1.14. The maximum absolute atomic E-state index is 11.6. The molecule has 0 spiro atoms. The van der Waals surface area contributed by atoms with E-state index in [0.29, 0.717) is 19.7 Å². The summed E-state index contributed by atoms with van der Waals surface area (Å²) < 4.78 is 5.07. The highest BCUT2D eigenvalue weighted by Gasteiger charge is 2.18. The summed E-state index contributed by atoms with van der Waals surface area (Å²) in [6.45, 7) is 1.90. The molecule has 100 valence electrons. The first kappa shape index (κ1) is 13.3. The Morgan fingerprint density at radius 1 is 1.37 bits per heavy atom. The number of carboxylic acid groups (broad SMARTS) is 1. The summed E-state index contributed by atoms with van der Waals surface area (Å²) in [5.41, 5.74) is 1.84. The number of hydrogen-bond donors (Lipinski definition) is 1. The second-order valence-electron chi connectivity index (χ2n) is 4.28. The van der Waals surface area contributed by atoms with Crippen LogP contribution >= 0.6 is 0 Å². The van der Waals surface area contributed by atoms with Crippen molar-refractivity contribution in [2.75, 3.05) is 19.8 Å². The molecule has 1 aromatic carbocycles. The van der Waals surface area contributed by atoms with E-state index in [2.05, 4.69) is 0 Å². The van der Waals surface area contributed by atoms with E-state index in [4.69, 9.17) is 9.84 Å². The molecule has 0 atom stereocenters. The van der Waals surface area contributed by atoms with E-state index in [9.17, 15) is 9.59 Å². The zero-order valence-corrected chi connectivity index (χ0v) is 10.4. The summed E-state index contributed by atoms with van der Waals surface area (Å²) in [5, 5.41) is 8.53. The van der Waals surface area contributed by atoms with Crippen LogP contribution in [0.5, 0.6) is 0 Å². The second-order valence-corrected chi connectivity index (χ2v) is 4.28. The van der Waals surface area contributed by atoms with Gasteiger partial charge in [0.05, 0.1) is 6.61 Å². The van der Waals surface area contributed by atoms with Gasteiger partial charge in [0.2, 0.25) is 5.91 Å². The van der Waals surface area contributed by atoms with Crippen molar-refractivity contribution in [1.82, 2.24) is 4.90 Å². The normalized spacial score (nSPS) is 16.0. The largest absolute Gasteiger partial charge is 0.478 e. The second kappa shape index (κ2) is 6.15. The number of carbonyl (C=O) groups excluding carboxylic acids is 1. The molecule has 0 aliphatic carbocycles. The average Bonchev–Trinajstić information content (AvgIpc) is 2.40. The van der Waals surface area contributed by atoms with Crippen LogP contribution in [0.2, 0.25) is 0 Å². The van der Waals surface area contributed by atoms with E-state index in [0.717, 1.165) is 17.2 Å². The van der Waals surface area contributed by atoms with Gasteiger partial charge in [0.25, 0.3) is 0 Å². The highest BCUT2D eigenvalue weighted by atomic mass is 16.5. The number of carbonyl (C=O) groups is 2. The molecule has 1 aliphatic rings. The van der Waals surface area contributed by atoms with Gasteiger partial charge in [-0.25, -0.2) is 4.79 Å². The van der Waals surface area contributed by atoms with Gasteiger partial charge in [0.1, 0.15) is 6.61 Å². The van der Waals surface area contributed by atoms with Crippen LogP contribution in [0.1, 0.15) is 11.1 Å². The molecule has 1 N–H and O–H groups in total. The number of nitrogens with zero attached hydrogens (tertiary/aromatic N) is 1. The van der Waals surface area contributed by atoms with Gasteiger partial charge in [-0.1, -0.05) is 24.3 Å². The van der Waals surface area contributed by atoms with Crippen molar-refractivity contribution in [2.45, 2.75) is 6.54 Å². The molecule has 0 unspecified atom stereocenters. The molecule has 1 aromatic rings. The van der Waals surface area contributed by atoms with Gasteiger partial charge in [-0.05, 0) is 17.2 Å². The Morgan fingerprint density at radius 3 is 2.74 bits per heavy atom. The molecule has 5 nitrogen and oxygen atoms in total. The molecular formula is C14H15NO4. The number of amides is 1. The molecule has 1 amide bonds. The summed E-state index contributed by atoms with van der Waals surface area (Å²) in [4.78, 5) is 23.7. The van der Waals surface area contributed by atoms with Crippen LogP contribution in [0.4, 0.5) is 0 Å². The molecule has 0 saturated carbocycles. The molecule has 1 aliphatic heterocycles. The maximum atomic E-state index is 11.6. The predicted molar refractivity (Wildman–Crippen MR) is 69.3 cm³/mol. The lowest BCUT2D eigenvalue weighted by Crippen LogP contribution is -2.40. The zero-order valence-electron chi connectivity index (χ0n) is 10.4. The van der Waals surface area contributed by atoms with Crippen molar-refractivity contribution in [3.8, 4) is 0 Å². The third-order valence-electron chi connectivity index (χ3n) is 2.86. The molecule has 5 heteroatoms. The molecule has 0 aromatic heterocycles. The summed E-state index contributed by atoms with van der Waals surface area (Å²) in [5.74, 6) is -0.968. The van der Waals surface area contributed by atoms with E-state index >= 15 is 0 Å². The first-order valence-corrected chi connectivity index (χ1v) is 6.00. The van der Waals surface area contributed by atoms with E-state index in [-0.39, 0.29) is 12.5 Å². The number of rotatable bonds is 4. The zero-order chi connectivity index (χ0) is 13.7. The Hall–Kier alpha value is -2.14. The Balaban J connectivity index is 1.98. The Morgan fingerprint density at radius 2 is 2.11 bits per heavy atom. The number of aliphatic carboxylic acids is 1. The first-order chi connectivity index (χ1) is 9.15. The smallest absolute Gasteiger partial charge is 0.328 e. The highest BCUT2D eigenvalue weighted by Crippen LogP contribution is 2.10. The van der Waals surface area contributed by atoms with Crippen LogP contribution in [0.25, 0.3) is 6.08 Å². The van der Waals surface area contributed by atoms with Crippen molar-refractivity contribution in [3.05, 3.63) is 41.5 Å². The summed E-state index contributed by atoms with van der Waals surface area (Å²) in [7, 11) is 0. The van der Waals surface area contributed by atoms with E-state index < -0.39 is 5.97 Å². The first-order valence-electron chi connectivity index (χ1n) is 6.00. The van der Waals surface area contributed by atoms with Crippen molar-refractivity contribution in [1.29, 1.82) is 0 Å². The fourth-order valence-electron chi connectivity index (χ4n) is 1.84. The van der Waals surface area contributed by atoms with Gasteiger partial charge >= 0.3 is 5.97 Å². The van der Waals surface area contributed by atoms with Crippen molar-refractivity contribution in [3.63, 3.8) is 0 Å². The average molecular weight is 261 g/mol. The van der Waals surface area contributed by atoms with Crippen LogP contribution in [0, 0.1) is 0 Å². The van der Waals surface area contributed by atoms with E-state index in [1.165, 1.54) is 6.08 Å². The standard InChI is InChI=1S/C14H15NO4/c16-13-10-19-8-7-15(13)9-12-3-1-11(2-4-12)5-6-14(17)18/h1-6H,7-10H2,(H,17,18). The molecule has 1 fully saturated rings. The molecule has 0 bridgehead atoms. The molecular weight excluding hydrogens is 246 g/mol. The SMILES string of the molecule is O=C(O)C=Cc1ccc(CN2CCOCC2=O)cc1. The van der Waals surface area contributed by atoms with Gasteiger partial charge < -0.3 is 14.7 Å². The van der Waals surface area contributed by atoms with Crippen LogP contribution in [0.15, 0.2) is 30.3 Å².